The van der Waals surface area contributed by atoms with Gasteiger partial charge in [-0.1, -0.05) is 0 Å². The van der Waals surface area contributed by atoms with Gasteiger partial charge in [0.1, 0.15) is 6.33 Å². The van der Waals surface area contributed by atoms with Gasteiger partial charge in [-0.2, -0.15) is 28.2 Å². The summed E-state index contributed by atoms with van der Waals surface area (Å²) in [7, 11) is 0. The molecule has 0 saturated heterocycles. The first-order chi connectivity index (χ1) is 6.68. The molecule has 1 N–H and O–H groups in total. The van der Waals surface area contributed by atoms with E-state index in [1.54, 1.807) is 0 Å². The predicted molar refractivity (Wildman–Crippen MR) is 37.3 cm³/mol. The van der Waals surface area contributed by atoms with E-state index in [2.05, 4.69) is 25.1 Å². The van der Waals surface area contributed by atoms with E-state index in [0.717, 1.165) is 6.33 Å². The molecule has 0 spiro atoms. The maximum absolute atomic E-state index is 12.6. The highest BCUT2D eigenvalue weighted by Gasteiger charge is 2.16. The van der Waals surface area contributed by atoms with Crippen LogP contribution in [-0.2, 0) is 0 Å². The van der Waals surface area contributed by atoms with Gasteiger partial charge >= 0.3 is 0 Å². The van der Waals surface area contributed by atoms with Crippen molar-refractivity contribution < 1.29 is 13.2 Å². The molecule has 0 aliphatic rings. The van der Waals surface area contributed by atoms with Gasteiger partial charge in [-0.05, 0) is 0 Å². The first-order valence-corrected chi connectivity index (χ1v) is 3.42. The van der Waals surface area contributed by atoms with Crippen molar-refractivity contribution in [2.45, 2.75) is 0 Å². The molecule has 2 aromatic heterocycles. The Morgan fingerprint density at radius 2 is 1.71 bits per heavy atom. The van der Waals surface area contributed by atoms with Crippen LogP contribution in [0.1, 0.15) is 0 Å². The minimum Gasteiger partial charge on any atom is -0.257 e. The highest BCUT2D eigenvalue weighted by molar-refractivity contribution is 5.40. The highest BCUT2D eigenvalue weighted by Crippen LogP contribution is 2.12. The van der Waals surface area contributed by atoms with Crippen LogP contribution in [0.3, 0.4) is 0 Å². The van der Waals surface area contributed by atoms with E-state index in [4.69, 9.17) is 0 Å². The van der Waals surface area contributed by atoms with Crippen LogP contribution < -0.4 is 0 Å². The summed E-state index contributed by atoms with van der Waals surface area (Å²) >= 11 is 0. The molecule has 8 heteroatoms. The molecule has 0 unspecified atom stereocenters. The lowest BCUT2D eigenvalue weighted by Crippen LogP contribution is -2.02. The van der Waals surface area contributed by atoms with Crippen LogP contribution in [0.4, 0.5) is 13.2 Å². The molecule has 2 heterocycles. The average Bonchev–Trinajstić information content (AvgIpc) is 2.66. The molecule has 2 rings (SSSR count). The minimum atomic E-state index is -1.71. The molecule has 14 heavy (non-hydrogen) atoms. The maximum atomic E-state index is 12.6. The Bertz CT molecular complexity index is 431. The second-order valence-electron chi connectivity index (χ2n) is 2.28. The molecule has 0 fully saturated rings. The van der Waals surface area contributed by atoms with Gasteiger partial charge in [-0.15, -0.1) is 0 Å². The second-order valence-corrected chi connectivity index (χ2v) is 2.28. The lowest BCUT2D eigenvalue weighted by Gasteiger charge is -1.96. The van der Waals surface area contributed by atoms with E-state index < -0.39 is 17.7 Å². The molecule has 0 atom stereocenters. The van der Waals surface area contributed by atoms with Crippen molar-refractivity contribution in [3.63, 3.8) is 0 Å². The van der Waals surface area contributed by atoms with Crippen molar-refractivity contribution in [3.05, 3.63) is 24.0 Å². The molecular formula is C6H2F3N5. The average molecular weight is 201 g/mol. The van der Waals surface area contributed by atoms with E-state index >= 15 is 0 Å². The normalized spacial score (nSPS) is 10.5. The fourth-order valence-electron chi connectivity index (χ4n) is 0.813. The monoisotopic (exact) mass is 201 g/mol. The summed E-state index contributed by atoms with van der Waals surface area (Å²) in [5.74, 6) is -5.28. The fraction of sp³-hybridized carbons (Fsp3) is 0. The Morgan fingerprint density at radius 1 is 1.07 bits per heavy atom. The fourth-order valence-corrected chi connectivity index (χ4v) is 0.813. The second kappa shape index (κ2) is 3.05. The molecule has 2 aromatic rings. The van der Waals surface area contributed by atoms with Crippen molar-refractivity contribution >= 4 is 0 Å². The summed E-state index contributed by atoms with van der Waals surface area (Å²) < 4.78 is 37.6. The van der Waals surface area contributed by atoms with Gasteiger partial charge in [-0.3, -0.25) is 5.10 Å². The molecular weight excluding hydrogens is 199 g/mol. The maximum Gasteiger partial charge on any atom is 0.255 e. The highest BCUT2D eigenvalue weighted by atomic mass is 19.2. The van der Waals surface area contributed by atoms with Gasteiger partial charge in [0.2, 0.25) is 11.6 Å². The molecule has 72 valence electrons. The summed E-state index contributed by atoms with van der Waals surface area (Å²) in [4.78, 5) is 9.65. The number of aromatic nitrogens is 5. The minimum absolute atomic E-state index is 0.0391. The number of hydrogen-bond acceptors (Lipinski definition) is 4. The van der Waals surface area contributed by atoms with E-state index in [-0.39, 0.29) is 11.6 Å². The molecule has 5 nitrogen and oxygen atoms in total. The molecule has 0 radical (unpaired) electrons. The Labute approximate surface area is 75.0 Å². The third-order valence-electron chi connectivity index (χ3n) is 1.40. The van der Waals surface area contributed by atoms with Gasteiger partial charge in [0, 0.05) is 0 Å². The topological polar surface area (TPSA) is 67.3 Å². The Balaban J connectivity index is 2.57. The zero-order valence-electron chi connectivity index (χ0n) is 6.50. The van der Waals surface area contributed by atoms with E-state index in [1.165, 1.54) is 0 Å². The van der Waals surface area contributed by atoms with Crippen LogP contribution in [-0.4, -0.2) is 25.1 Å². The molecule has 0 aromatic carbocycles. The van der Waals surface area contributed by atoms with Gasteiger partial charge in [0.15, 0.2) is 5.82 Å². The number of hydrogen-bond donors (Lipinski definition) is 1. The Morgan fingerprint density at radius 3 is 2.21 bits per heavy atom. The van der Waals surface area contributed by atoms with Crippen LogP contribution >= 0.6 is 0 Å². The van der Waals surface area contributed by atoms with Gasteiger partial charge in [0.05, 0.1) is 0 Å². The zero-order valence-corrected chi connectivity index (χ0v) is 6.50. The summed E-state index contributed by atoms with van der Waals surface area (Å²) in [5.41, 5.74) is 0. The Kier molecular flexibility index (Phi) is 1.88. The van der Waals surface area contributed by atoms with Crippen molar-refractivity contribution in [3.8, 4) is 11.6 Å². The number of aromatic amines is 1. The van der Waals surface area contributed by atoms with Crippen LogP contribution in [0.15, 0.2) is 6.33 Å². The van der Waals surface area contributed by atoms with Crippen molar-refractivity contribution in [2.24, 2.45) is 0 Å². The number of nitrogens with zero attached hydrogens (tertiary/aromatic N) is 4. The summed E-state index contributed by atoms with van der Waals surface area (Å²) in [6.07, 6.45) is 1.11. The summed E-state index contributed by atoms with van der Waals surface area (Å²) in [5, 5.41) is 5.71. The lowest BCUT2D eigenvalue weighted by molar-refractivity contribution is 0.408. The standard InChI is InChI=1S/C6H2F3N5/c7-2-3(8)12-6(13-4(2)9)5-10-1-11-14-5/h1H,(H,10,11,14). The predicted octanol–water partition coefficient (Wildman–Crippen LogP) is 0.679. The van der Waals surface area contributed by atoms with Gasteiger partial charge in [0.25, 0.3) is 11.9 Å². The molecule has 0 amide bonds. The summed E-state index contributed by atoms with van der Waals surface area (Å²) in [6.45, 7) is 0. The quantitative estimate of drug-likeness (QED) is 0.689. The SMILES string of the molecule is Fc1nc(-c2ncn[nH]2)nc(F)c1F. The van der Waals surface area contributed by atoms with Crippen LogP contribution in [0.5, 0.6) is 0 Å². The van der Waals surface area contributed by atoms with Crippen molar-refractivity contribution in [1.29, 1.82) is 0 Å². The van der Waals surface area contributed by atoms with Crippen LogP contribution in [0.25, 0.3) is 11.6 Å². The van der Waals surface area contributed by atoms with Gasteiger partial charge < -0.3 is 0 Å². The molecule has 0 aliphatic carbocycles. The van der Waals surface area contributed by atoms with Crippen LogP contribution in [0.2, 0.25) is 0 Å². The third kappa shape index (κ3) is 1.30. The molecule has 0 saturated carbocycles. The number of nitrogens with one attached hydrogen (secondary N) is 1. The van der Waals surface area contributed by atoms with Crippen molar-refractivity contribution in [1.82, 2.24) is 25.1 Å². The smallest absolute Gasteiger partial charge is 0.255 e. The Hall–Kier alpha value is -1.99. The van der Waals surface area contributed by atoms with E-state index in [1.807, 2.05) is 0 Å². The third-order valence-corrected chi connectivity index (χ3v) is 1.40. The molecule has 0 bridgehead atoms. The molecule has 0 aliphatic heterocycles. The van der Waals surface area contributed by atoms with Crippen molar-refractivity contribution in [2.75, 3.05) is 0 Å². The van der Waals surface area contributed by atoms with Gasteiger partial charge in [-0.25, -0.2) is 4.98 Å². The number of rotatable bonds is 1. The number of halogens is 3. The van der Waals surface area contributed by atoms with E-state index in [0.29, 0.717) is 0 Å². The van der Waals surface area contributed by atoms with E-state index in [9.17, 15) is 13.2 Å². The number of H-pyrrole nitrogens is 1. The lowest BCUT2D eigenvalue weighted by atomic mass is 10.5. The van der Waals surface area contributed by atoms with Crippen LogP contribution in [0, 0.1) is 17.7 Å². The summed E-state index contributed by atoms with van der Waals surface area (Å²) in [6, 6.07) is 0. The first kappa shape index (κ1) is 8.60. The first-order valence-electron chi connectivity index (χ1n) is 3.42. The zero-order chi connectivity index (χ0) is 10.1. The largest absolute Gasteiger partial charge is 0.257 e.